The van der Waals surface area contributed by atoms with E-state index in [1.165, 1.54) is 5.56 Å². The lowest BCUT2D eigenvalue weighted by molar-refractivity contribution is 0.415. The number of anilines is 2. The number of aryl methyl sites for hydroxylation is 1. The van der Waals surface area contributed by atoms with Crippen LogP contribution in [0.25, 0.3) is 0 Å². The van der Waals surface area contributed by atoms with Crippen molar-refractivity contribution in [2.75, 3.05) is 18.2 Å². The van der Waals surface area contributed by atoms with Gasteiger partial charge in [0.05, 0.1) is 7.11 Å². The summed E-state index contributed by atoms with van der Waals surface area (Å²) in [6.45, 7) is 0. The Hall–Kier alpha value is -2.12. The van der Waals surface area contributed by atoms with E-state index in [-0.39, 0.29) is 0 Å². The molecule has 0 saturated heterocycles. The van der Waals surface area contributed by atoms with E-state index in [1.807, 2.05) is 48.8 Å². The second-order valence-electron chi connectivity index (χ2n) is 4.68. The van der Waals surface area contributed by atoms with E-state index in [9.17, 15) is 0 Å². The maximum absolute atomic E-state index is 5.14. The first-order valence-electron chi connectivity index (χ1n) is 7.10. The molecule has 0 saturated carbocycles. The third kappa shape index (κ3) is 4.67. The fourth-order valence-electron chi connectivity index (χ4n) is 1.92. The van der Waals surface area contributed by atoms with Gasteiger partial charge in [-0.15, -0.1) is 10.2 Å². The summed E-state index contributed by atoms with van der Waals surface area (Å²) in [6, 6.07) is 11.8. The van der Waals surface area contributed by atoms with Crippen molar-refractivity contribution in [3.8, 4) is 5.75 Å². The summed E-state index contributed by atoms with van der Waals surface area (Å²) in [6.07, 6.45) is 4.64. The highest BCUT2D eigenvalue weighted by Crippen LogP contribution is 2.28. The first-order valence-corrected chi connectivity index (χ1v) is 8.90. The molecule has 3 rings (SSSR count). The van der Waals surface area contributed by atoms with Crippen LogP contribution in [-0.2, 0) is 6.42 Å². The molecule has 23 heavy (non-hydrogen) atoms. The molecule has 3 aromatic rings. The molecule has 0 atom stereocenters. The van der Waals surface area contributed by atoms with Crippen molar-refractivity contribution in [2.24, 2.45) is 0 Å². The van der Waals surface area contributed by atoms with E-state index in [0.29, 0.717) is 0 Å². The number of nitrogens with one attached hydrogen (secondary N) is 1. The van der Waals surface area contributed by atoms with Gasteiger partial charge >= 0.3 is 0 Å². The Morgan fingerprint density at radius 3 is 2.61 bits per heavy atom. The summed E-state index contributed by atoms with van der Waals surface area (Å²) in [5, 5.41) is 12.4. The lowest BCUT2D eigenvalue weighted by Crippen LogP contribution is -1.89. The van der Waals surface area contributed by atoms with Crippen LogP contribution in [-0.4, -0.2) is 28.0 Å². The van der Waals surface area contributed by atoms with Crippen molar-refractivity contribution in [2.45, 2.75) is 10.8 Å². The molecule has 5 nitrogen and oxygen atoms in total. The molecule has 1 N–H and O–H groups in total. The number of ether oxygens (including phenoxy) is 1. The van der Waals surface area contributed by atoms with E-state index in [0.717, 1.165) is 33.1 Å². The zero-order valence-corrected chi connectivity index (χ0v) is 14.2. The molecule has 0 aliphatic rings. The van der Waals surface area contributed by atoms with Crippen LogP contribution in [0, 0.1) is 0 Å². The molecular formula is C16H16N4OS2. The number of pyridine rings is 1. The highest BCUT2D eigenvalue weighted by molar-refractivity contribution is 8.01. The van der Waals surface area contributed by atoms with Gasteiger partial charge in [-0.2, -0.15) is 0 Å². The van der Waals surface area contributed by atoms with Crippen molar-refractivity contribution < 1.29 is 4.74 Å². The summed E-state index contributed by atoms with van der Waals surface area (Å²) in [5.41, 5.74) is 2.25. The third-order valence-corrected chi connectivity index (χ3v) is 5.09. The topological polar surface area (TPSA) is 59.9 Å². The quantitative estimate of drug-likeness (QED) is 0.653. The fourth-order valence-corrected chi connectivity index (χ4v) is 3.75. The molecule has 0 radical (unpaired) electrons. The third-order valence-electron chi connectivity index (χ3n) is 3.11. The molecule has 1 aromatic carbocycles. The SMILES string of the molecule is COc1ccc(Nc2nnc(SCCc3ccncc3)s2)cc1. The number of nitrogens with zero attached hydrogens (tertiary/aromatic N) is 3. The Labute approximate surface area is 143 Å². The standard InChI is InChI=1S/C16H16N4OS2/c1-21-14-4-2-13(3-5-14)18-15-19-20-16(23-15)22-11-8-12-6-9-17-10-7-12/h2-7,9-10H,8,11H2,1H3,(H,18,19). The summed E-state index contributed by atoms with van der Waals surface area (Å²) in [4.78, 5) is 4.02. The maximum Gasteiger partial charge on any atom is 0.210 e. The predicted molar refractivity (Wildman–Crippen MR) is 94.9 cm³/mol. The van der Waals surface area contributed by atoms with Crippen LogP contribution in [0.1, 0.15) is 5.56 Å². The van der Waals surface area contributed by atoms with E-state index in [2.05, 4.69) is 20.5 Å². The van der Waals surface area contributed by atoms with Crippen molar-refractivity contribution in [3.63, 3.8) is 0 Å². The van der Waals surface area contributed by atoms with Crippen LogP contribution >= 0.6 is 23.1 Å². The number of hydrogen-bond donors (Lipinski definition) is 1. The number of benzene rings is 1. The summed E-state index contributed by atoms with van der Waals surface area (Å²) in [7, 11) is 1.66. The van der Waals surface area contributed by atoms with Crippen LogP contribution in [0.2, 0.25) is 0 Å². The van der Waals surface area contributed by atoms with E-state index in [4.69, 9.17) is 4.74 Å². The largest absolute Gasteiger partial charge is 0.497 e. The van der Waals surface area contributed by atoms with Gasteiger partial charge in [-0.05, 0) is 48.4 Å². The monoisotopic (exact) mass is 344 g/mol. The number of hydrogen-bond acceptors (Lipinski definition) is 7. The zero-order valence-electron chi connectivity index (χ0n) is 12.6. The second kappa shape index (κ2) is 7.94. The molecule has 118 valence electrons. The van der Waals surface area contributed by atoms with Gasteiger partial charge in [-0.3, -0.25) is 4.98 Å². The smallest absolute Gasteiger partial charge is 0.210 e. The molecule has 2 heterocycles. The van der Waals surface area contributed by atoms with Gasteiger partial charge in [0, 0.05) is 23.8 Å². The van der Waals surface area contributed by atoms with Crippen molar-refractivity contribution in [1.82, 2.24) is 15.2 Å². The first kappa shape index (κ1) is 15.8. The van der Waals surface area contributed by atoms with Crippen LogP contribution in [0.4, 0.5) is 10.8 Å². The molecule has 0 amide bonds. The van der Waals surface area contributed by atoms with Gasteiger partial charge in [0.15, 0.2) is 4.34 Å². The highest BCUT2D eigenvalue weighted by atomic mass is 32.2. The van der Waals surface area contributed by atoms with Gasteiger partial charge in [0.2, 0.25) is 5.13 Å². The number of methoxy groups -OCH3 is 1. The lowest BCUT2D eigenvalue weighted by Gasteiger charge is -2.03. The molecule has 0 spiro atoms. The lowest BCUT2D eigenvalue weighted by atomic mass is 10.2. The van der Waals surface area contributed by atoms with Crippen LogP contribution in [0.5, 0.6) is 5.75 Å². The van der Waals surface area contributed by atoms with Crippen molar-refractivity contribution >= 4 is 33.9 Å². The van der Waals surface area contributed by atoms with Gasteiger partial charge in [-0.1, -0.05) is 23.1 Å². The Bertz CT molecular complexity index is 731. The maximum atomic E-state index is 5.14. The molecule has 7 heteroatoms. The minimum atomic E-state index is 0.793. The van der Waals surface area contributed by atoms with E-state index < -0.39 is 0 Å². The predicted octanol–water partition coefficient (Wildman–Crippen LogP) is 4.02. The van der Waals surface area contributed by atoms with Gasteiger partial charge in [0.1, 0.15) is 5.75 Å². The minimum Gasteiger partial charge on any atom is -0.497 e. The zero-order chi connectivity index (χ0) is 15.9. The molecule has 0 aliphatic heterocycles. The van der Waals surface area contributed by atoms with Crippen LogP contribution in [0.15, 0.2) is 53.1 Å². The first-order chi connectivity index (χ1) is 11.3. The van der Waals surface area contributed by atoms with Crippen LogP contribution < -0.4 is 10.1 Å². The number of rotatable bonds is 7. The van der Waals surface area contributed by atoms with E-state index >= 15 is 0 Å². The molecule has 2 aromatic heterocycles. The van der Waals surface area contributed by atoms with Gasteiger partial charge < -0.3 is 10.1 Å². The normalized spacial score (nSPS) is 10.5. The van der Waals surface area contributed by atoms with Gasteiger partial charge in [0.25, 0.3) is 0 Å². The second-order valence-corrected chi connectivity index (χ2v) is 7.00. The number of thioether (sulfide) groups is 1. The summed E-state index contributed by atoms with van der Waals surface area (Å²) < 4.78 is 6.11. The molecular weight excluding hydrogens is 328 g/mol. The molecule has 0 bridgehead atoms. The highest BCUT2D eigenvalue weighted by Gasteiger charge is 2.05. The fraction of sp³-hybridized carbons (Fsp3) is 0.188. The average molecular weight is 344 g/mol. The Kier molecular flexibility index (Phi) is 5.44. The Morgan fingerprint density at radius 1 is 1.09 bits per heavy atom. The van der Waals surface area contributed by atoms with Crippen LogP contribution in [0.3, 0.4) is 0 Å². The van der Waals surface area contributed by atoms with Gasteiger partial charge in [-0.25, -0.2) is 0 Å². The van der Waals surface area contributed by atoms with Crippen molar-refractivity contribution in [1.29, 1.82) is 0 Å². The van der Waals surface area contributed by atoms with E-state index in [1.54, 1.807) is 30.2 Å². The number of aromatic nitrogens is 3. The molecule has 0 aliphatic carbocycles. The van der Waals surface area contributed by atoms with Crippen molar-refractivity contribution in [3.05, 3.63) is 54.4 Å². The molecule has 0 unspecified atom stereocenters. The minimum absolute atomic E-state index is 0.793. The molecule has 0 fully saturated rings. The summed E-state index contributed by atoms with van der Waals surface area (Å²) in [5.74, 6) is 1.81. The Balaban J connectivity index is 1.51. The average Bonchev–Trinajstić information content (AvgIpc) is 3.04. The Morgan fingerprint density at radius 2 is 1.87 bits per heavy atom. The summed E-state index contributed by atoms with van der Waals surface area (Å²) >= 11 is 3.28.